The summed E-state index contributed by atoms with van der Waals surface area (Å²) >= 11 is 1.86. The van der Waals surface area contributed by atoms with Gasteiger partial charge >= 0.3 is 0 Å². The zero-order valence-corrected chi connectivity index (χ0v) is 35.6. The van der Waals surface area contributed by atoms with Gasteiger partial charge in [-0.05, 0) is 122 Å². The molecule has 0 radical (unpaired) electrons. The van der Waals surface area contributed by atoms with Crippen LogP contribution < -0.4 is 4.90 Å². The molecule has 0 saturated heterocycles. The second-order valence-electron chi connectivity index (χ2n) is 16.8. The van der Waals surface area contributed by atoms with E-state index < -0.39 is 5.41 Å². The Bertz CT molecular complexity index is 3690. The van der Waals surface area contributed by atoms with E-state index in [0.717, 1.165) is 50.1 Å². The number of para-hydroxylation sites is 1. The first-order chi connectivity index (χ1) is 31.7. The van der Waals surface area contributed by atoms with E-state index in [-0.39, 0.29) is 0 Å². The van der Waals surface area contributed by atoms with Gasteiger partial charge in [0.05, 0.1) is 5.41 Å². The number of thiophene rings is 1. The lowest BCUT2D eigenvalue weighted by Gasteiger charge is -2.34. The molecular weight excluding hydrogens is 795 g/mol. The number of benzene rings is 10. The quantitative estimate of drug-likeness (QED) is 0.159. The Morgan fingerprint density at radius 2 is 0.922 bits per heavy atom. The first-order valence-corrected chi connectivity index (χ1v) is 22.7. The maximum atomic E-state index is 6.22. The van der Waals surface area contributed by atoms with Gasteiger partial charge in [0.2, 0.25) is 0 Å². The van der Waals surface area contributed by atoms with E-state index in [1.807, 2.05) is 23.5 Å². The highest BCUT2D eigenvalue weighted by molar-refractivity contribution is 7.25. The largest absolute Gasteiger partial charge is 0.456 e. The molecule has 10 aromatic carbocycles. The molecule has 2 heterocycles. The molecular formula is C61H39NOS. The lowest BCUT2D eigenvalue weighted by Crippen LogP contribution is -2.28. The molecule has 1 aliphatic rings. The fourth-order valence-corrected chi connectivity index (χ4v) is 11.6. The van der Waals surface area contributed by atoms with Crippen LogP contribution in [0.5, 0.6) is 0 Å². The Labute approximate surface area is 375 Å². The molecule has 12 aromatic rings. The average molecular weight is 834 g/mol. The number of nitrogens with zero attached hydrogens (tertiary/aromatic N) is 1. The zero-order valence-electron chi connectivity index (χ0n) is 34.8. The van der Waals surface area contributed by atoms with Gasteiger partial charge in [0.25, 0.3) is 0 Å². The van der Waals surface area contributed by atoms with E-state index in [9.17, 15) is 0 Å². The molecule has 0 saturated carbocycles. The standard InChI is InChI=1S/C61H39NOS/c1-3-15-44(16-4-1)61(45-17-5-2-6-18-45)55-23-10-7-20-49(55)53-39-48(32-34-56(53)61)62(46-30-26-40(27-31-46)43-28-33-52-51-22-9-12-25-59(51)64-60(52)38-43)47-19-13-14-41(36-47)42-29-35-58-54(37-42)50-21-8-11-24-57(50)63-58/h1-39H. The van der Waals surface area contributed by atoms with Crippen LogP contribution in [0.15, 0.2) is 241 Å². The summed E-state index contributed by atoms with van der Waals surface area (Å²) in [5, 5.41) is 4.89. The van der Waals surface area contributed by atoms with Crippen LogP contribution in [0.2, 0.25) is 0 Å². The molecule has 2 nitrogen and oxygen atoms in total. The van der Waals surface area contributed by atoms with Gasteiger partial charge in [-0.15, -0.1) is 11.3 Å². The van der Waals surface area contributed by atoms with Gasteiger partial charge < -0.3 is 9.32 Å². The van der Waals surface area contributed by atoms with Gasteiger partial charge in [-0.3, -0.25) is 0 Å². The maximum Gasteiger partial charge on any atom is 0.135 e. The van der Waals surface area contributed by atoms with Crippen molar-refractivity contribution in [2.24, 2.45) is 0 Å². The molecule has 0 N–H and O–H groups in total. The van der Waals surface area contributed by atoms with Crippen molar-refractivity contribution >= 4 is 70.5 Å². The van der Waals surface area contributed by atoms with Crippen molar-refractivity contribution in [3.05, 3.63) is 259 Å². The third-order valence-electron chi connectivity index (χ3n) is 13.4. The van der Waals surface area contributed by atoms with E-state index in [2.05, 4.69) is 229 Å². The maximum absolute atomic E-state index is 6.22. The summed E-state index contributed by atoms with van der Waals surface area (Å²) in [4.78, 5) is 2.42. The average Bonchev–Trinajstić information content (AvgIpc) is 4.03. The highest BCUT2D eigenvalue weighted by atomic mass is 32.1. The summed E-state index contributed by atoms with van der Waals surface area (Å²) in [6.45, 7) is 0. The predicted molar refractivity (Wildman–Crippen MR) is 269 cm³/mol. The summed E-state index contributed by atoms with van der Waals surface area (Å²) in [7, 11) is 0. The predicted octanol–water partition coefficient (Wildman–Crippen LogP) is 17.1. The van der Waals surface area contributed by atoms with Crippen molar-refractivity contribution < 1.29 is 4.42 Å². The van der Waals surface area contributed by atoms with E-state index in [4.69, 9.17) is 4.42 Å². The third kappa shape index (κ3) is 5.64. The van der Waals surface area contributed by atoms with Crippen LogP contribution in [0.4, 0.5) is 17.1 Å². The number of fused-ring (bicyclic) bond motifs is 9. The number of rotatable bonds is 7. The van der Waals surface area contributed by atoms with Crippen molar-refractivity contribution in [1.82, 2.24) is 0 Å². The smallest absolute Gasteiger partial charge is 0.135 e. The lowest BCUT2D eigenvalue weighted by molar-refractivity contribution is 0.669. The summed E-state index contributed by atoms with van der Waals surface area (Å²) in [5.41, 5.74) is 16.9. The summed E-state index contributed by atoms with van der Waals surface area (Å²) in [5.74, 6) is 0. The number of anilines is 3. The van der Waals surface area contributed by atoms with Gasteiger partial charge in [0, 0.05) is 48.0 Å². The van der Waals surface area contributed by atoms with Gasteiger partial charge in [-0.1, -0.05) is 170 Å². The Hall–Kier alpha value is -7.98. The van der Waals surface area contributed by atoms with Crippen molar-refractivity contribution in [3.8, 4) is 33.4 Å². The molecule has 0 bridgehead atoms. The minimum atomic E-state index is -0.467. The highest BCUT2D eigenvalue weighted by Crippen LogP contribution is 2.57. The Morgan fingerprint density at radius 3 is 1.75 bits per heavy atom. The molecule has 300 valence electrons. The molecule has 0 atom stereocenters. The fraction of sp³-hybridized carbons (Fsp3) is 0.0164. The van der Waals surface area contributed by atoms with Gasteiger partial charge in [-0.2, -0.15) is 0 Å². The molecule has 0 fully saturated rings. The Balaban J connectivity index is 0.980. The molecule has 1 aliphatic carbocycles. The summed E-state index contributed by atoms with van der Waals surface area (Å²) < 4.78 is 8.85. The lowest BCUT2D eigenvalue weighted by atomic mass is 9.68. The molecule has 3 heteroatoms. The monoisotopic (exact) mass is 833 g/mol. The van der Waals surface area contributed by atoms with E-state index in [1.54, 1.807) is 0 Å². The van der Waals surface area contributed by atoms with Crippen LogP contribution >= 0.6 is 11.3 Å². The summed E-state index contributed by atoms with van der Waals surface area (Å²) in [6, 6.07) is 86.7. The fourth-order valence-electron chi connectivity index (χ4n) is 10.5. The molecule has 2 aromatic heterocycles. The minimum Gasteiger partial charge on any atom is -0.456 e. The van der Waals surface area contributed by atoms with Crippen LogP contribution in [0.3, 0.4) is 0 Å². The van der Waals surface area contributed by atoms with Crippen LogP contribution in [0.1, 0.15) is 22.3 Å². The molecule has 0 spiro atoms. The van der Waals surface area contributed by atoms with Crippen LogP contribution in [-0.4, -0.2) is 0 Å². The van der Waals surface area contributed by atoms with Crippen LogP contribution in [0, 0.1) is 0 Å². The second-order valence-corrected chi connectivity index (χ2v) is 17.9. The van der Waals surface area contributed by atoms with E-state index >= 15 is 0 Å². The topological polar surface area (TPSA) is 16.4 Å². The SMILES string of the molecule is c1ccc(C2(c3ccccc3)c3ccccc3-c3cc(N(c4ccc(-c5ccc6c(c5)sc5ccccc56)cc4)c4cccc(-c5ccc6oc7ccccc7c6c5)c4)ccc32)cc1. The first-order valence-electron chi connectivity index (χ1n) is 21.9. The van der Waals surface area contributed by atoms with Crippen molar-refractivity contribution in [3.63, 3.8) is 0 Å². The van der Waals surface area contributed by atoms with E-state index in [1.165, 1.54) is 64.7 Å². The number of furan rings is 1. The Morgan fingerprint density at radius 1 is 0.328 bits per heavy atom. The Kier molecular flexibility index (Phi) is 8.34. The van der Waals surface area contributed by atoms with Crippen molar-refractivity contribution in [2.45, 2.75) is 5.41 Å². The van der Waals surface area contributed by atoms with Crippen molar-refractivity contribution in [2.75, 3.05) is 4.90 Å². The molecule has 0 unspecified atom stereocenters. The van der Waals surface area contributed by atoms with E-state index in [0.29, 0.717) is 0 Å². The highest BCUT2D eigenvalue weighted by Gasteiger charge is 2.46. The number of hydrogen-bond donors (Lipinski definition) is 0. The number of hydrogen-bond acceptors (Lipinski definition) is 3. The summed E-state index contributed by atoms with van der Waals surface area (Å²) in [6.07, 6.45) is 0. The van der Waals surface area contributed by atoms with Gasteiger partial charge in [0.1, 0.15) is 11.2 Å². The molecule has 0 aliphatic heterocycles. The molecule has 13 rings (SSSR count). The molecule has 64 heavy (non-hydrogen) atoms. The van der Waals surface area contributed by atoms with Crippen LogP contribution in [0.25, 0.3) is 75.5 Å². The molecule has 0 amide bonds. The van der Waals surface area contributed by atoms with Gasteiger partial charge in [-0.25, -0.2) is 0 Å². The zero-order chi connectivity index (χ0) is 42.2. The first kappa shape index (κ1) is 36.7. The van der Waals surface area contributed by atoms with Crippen LogP contribution in [-0.2, 0) is 5.41 Å². The van der Waals surface area contributed by atoms with Crippen molar-refractivity contribution in [1.29, 1.82) is 0 Å². The minimum absolute atomic E-state index is 0.467. The normalized spacial score (nSPS) is 12.8. The second kappa shape index (κ2) is 14.6. The van der Waals surface area contributed by atoms with Gasteiger partial charge in [0.15, 0.2) is 0 Å². The third-order valence-corrected chi connectivity index (χ3v) is 14.5.